The molecule has 9 heteroatoms. The van der Waals surface area contributed by atoms with E-state index in [0.29, 0.717) is 12.8 Å². The van der Waals surface area contributed by atoms with Crippen LogP contribution < -0.4 is 5.32 Å². The minimum atomic E-state index is -4.62. The summed E-state index contributed by atoms with van der Waals surface area (Å²) in [7, 11) is 0. The van der Waals surface area contributed by atoms with E-state index in [1.165, 1.54) is 18.2 Å². The molecule has 25 heavy (non-hydrogen) atoms. The van der Waals surface area contributed by atoms with Crippen LogP contribution in [0.25, 0.3) is 5.69 Å². The molecule has 1 fully saturated rings. The van der Waals surface area contributed by atoms with Crippen LogP contribution in [0.3, 0.4) is 0 Å². The van der Waals surface area contributed by atoms with Gasteiger partial charge in [-0.25, -0.2) is 9.07 Å². The van der Waals surface area contributed by atoms with Gasteiger partial charge in [0.25, 0.3) is 5.91 Å². The number of carbonyl (C=O) groups excluding carboxylic acids is 1. The molecule has 1 aromatic heterocycles. The largest absolute Gasteiger partial charge is 0.504 e. The number of nitrogens with one attached hydrogen (secondary N) is 1. The van der Waals surface area contributed by atoms with Crippen molar-refractivity contribution in [3.8, 4) is 11.4 Å². The number of aromatic nitrogens is 2. The molecule has 2 aromatic rings. The number of aromatic hydroxyl groups is 1. The lowest BCUT2D eigenvalue weighted by atomic mass is 9.78. The van der Waals surface area contributed by atoms with Crippen molar-refractivity contribution >= 4 is 5.91 Å². The summed E-state index contributed by atoms with van der Waals surface area (Å²) in [6, 6.07) is 4.66. The van der Waals surface area contributed by atoms with Crippen molar-refractivity contribution in [2.45, 2.75) is 31.0 Å². The molecule has 1 saturated carbocycles. The molecule has 0 saturated heterocycles. The van der Waals surface area contributed by atoms with Gasteiger partial charge in [-0.2, -0.15) is 18.3 Å². The van der Waals surface area contributed by atoms with E-state index in [-0.39, 0.29) is 5.69 Å². The van der Waals surface area contributed by atoms with Crippen LogP contribution in [-0.4, -0.2) is 33.0 Å². The van der Waals surface area contributed by atoms with Crippen molar-refractivity contribution in [2.24, 2.45) is 0 Å². The Balaban J connectivity index is 1.92. The Morgan fingerprint density at radius 1 is 1.32 bits per heavy atom. The second kappa shape index (κ2) is 6.05. The number of benzene rings is 1. The van der Waals surface area contributed by atoms with Crippen LogP contribution in [0, 0.1) is 0 Å². The quantitative estimate of drug-likeness (QED) is 0.826. The van der Waals surface area contributed by atoms with Gasteiger partial charge in [0.2, 0.25) is 0 Å². The van der Waals surface area contributed by atoms with Gasteiger partial charge in [-0.05, 0) is 31.4 Å². The first-order valence-electron chi connectivity index (χ1n) is 7.59. The third-order valence-electron chi connectivity index (χ3n) is 4.31. The fourth-order valence-corrected chi connectivity index (χ4v) is 2.76. The molecular weight excluding hydrogens is 342 g/mol. The van der Waals surface area contributed by atoms with Gasteiger partial charge < -0.3 is 10.4 Å². The molecule has 0 spiro atoms. The van der Waals surface area contributed by atoms with E-state index in [2.05, 4.69) is 10.4 Å². The van der Waals surface area contributed by atoms with Crippen molar-refractivity contribution in [1.29, 1.82) is 0 Å². The average Bonchev–Trinajstić information content (AvgIpc) is 2.92. The molecule has 2 N–H and O–H groups in total. The lowest BCUT2D eigenvalue weighted by Gasteiger charge is -2.39. The minimum Gasteiger partial charge on any atom is -0.504 e. The van der Waals surface area contributed by atoms with Gasteiger partial charge in [-0.15, -0.1) is 0 Å². The standard InChI is InChI=1S/C16H15F4N3O2/c17-9-15(6-3-7-15)21-14(25)13-12(24)8-23(22-13)11-5-2-1-4-10(11)16(18,19)20/h1-2,4-5,8,24H,3,6-7,9H2,(H,21,25). The zero-order valence-corrected chi connectivity index (χ0v) is 13.0. The molecule has 1 heterocycles. The van der Waals surface area contributed by atoms with E-state index in [0.717, 1.165) is 23.4 Å². The van der Waals surface area contributed by atoms with Gasteiger partial charge in [0.05, 0.1) is 23.0 Å². The summed E-state index contributed by atoms with van der Waals surface area (Å²) in [5.41, 5.74) is -2.70. The molecule has 134 valence electrons. The normalized spacial score (nSPS) is 16.3. The molecule has 0 bridgehead atoms. The predicted molar refractivity (Wildman–Crippen MR) is 80.3 cm³/mol. The number of hydrogen-bond acceptors (Lipinski definition) is 3. The second-order valence-electron chi connectivity index (χ2n) is 6.04. The number of rotatable bonds is 4. The van der Waals surface area contributed by atoms with Crippen LogP contribution in [0.4, 0.5) is 17.6 Å². The van der Waals surface area contributed by atoms with Gasteiger partial charge in [0.1, 0.15) is 6.67 Å². The second-order valence-corrected chi connectivity index (χ2v) is 6.04. The highest BCUT2D eigenvalue weighted by molar-refractivity contribution is 5.95. The lowest BCUT2D eigenvalue weighted by Crippen LogP contribution is -2.55. The van der Waals surface area contributed by atoms with Crippen LogP contribution in [0.1, 0.15) is 35.3 Å². The molecule has 0 aliphatic heterocycles. The van der Waals surface area contributed by atoms with Crippen LogP contribution in [0.2, 0.25) is 0 Å². The zero-order valence-electron chi connectivity index (χ0n) is 13.0. The molecule has 5 nitrogen and oxygen atoms in total. The topological polar surface area (TPSA) is 67.2 Å². The lowest BCUT2D eigenvalue weighted by molar-refractivity contribution is -0.137. The van der Waals surface area contributed by atoms with E-state index < -0.39 is 41.3 Å². The summed E-state index contributed by atoms with van der Waals surface area (Å²) in [6.45, 7) is -0.753. The summed E-state index contributed by atoms with van der Waals surface area (Å²) in [6.07, 6.45) is -2.00. The smallest absolute Gasteiger partial charge is 0.418 e. The first-order chi connectivity index (χ1) is 11.8. The molecule has 0 radical (unpaired) electrons. The SMILES string of the molecule is O=C(NC1(CF)CCC1)c1nn(-c2ccccc2C(F)(F)F)cc1O. The van der Waals surface area contributed by atoms with Crippen molar-refractivity contribution in [3.63, 3.8) is 0 Å². The first-order valence-corrected chi connectivity index (χ1v) is 7.59. The third kappa shape index (κ3) is 3.18. The highest BCUT2D eigenvalue weighted by Gasteiger charge is 2.40. The maximum atomic E-state index is 13.1. The number of carbonyl (C=O) groups is 1. The van der Waals surface area contributed by atoms with Crippen LogP contribution in [0.15, 0.2) is 30.5 Å². The van der Waals surface area contributed by atoms with Crippen LogP contribution in [0.5, 0.6) is 5.75 Å². The maximum Gasteiger partial charge on any atom is 0.418 e. The summed E-state index contributed by atoms with van der Waals surface area (Å²) in [4.78, 5) is 12.2. The Morgan fingerprint density at radius 3 is 2.56 bits per heavy atom. The monoisotopic (exact) mass is 357 g/mol. The molecule has 3 rings (SSSR count). The van der Waals surface area contributed by atoms with Gasteiger partial charge >= 0.3 is 6.18 Å². The summed E-state index contributed by atoms with van der Waals surface area (Å²) in [5.74, 6) is -1.40. The van der Waals surface area contributed by atoms with E-state index in [1.54, 1.807) is 0 Å². The van der Waals surface area contributed by atoms with E-state index in [1.807, 2.05) is 0 Å². The minimum absolute atomic E-state index is 0.326. The average molecular weight is 357 g/mol. The number of amides is 1. The van der Waals surface area contributed by atoms with Crippen LogP contribution >= 0.6 is 0 Å². The van der Waals surface area contributed by atoms with Crippen LogP contribution in [-0.2, 0) is 6.18 Å². The Hall–Kier alpha value is -2.58. The van der Waals surface area contributed by atoms with Crippen molar-refractivity contribution in [1.82, 2.24) is 15.1 Å². The highest BCUT2D eigenvalue weighted by atomic mass is 19.4. The van der Waals surface area contributed by atoms with Gasteiger partial charge in [0, 0.05) is 0 Å². The van der Waals surface area contributed by atoms with Gasteiger partial charge in [0.15, 0.2) is 11.4 Å². The molecule has 1 aromatic carbocycles. The summed E-state index contributed by atoms with van der Waals surface area (Å²) in [5, 5.41) is 16.1. The van der Waals surface area contributed by atoms with E-state index in [4.69, 9.17) is 0 Å². The first kappa shape index (κ1) is 17.2. The van der Waals surface area contributed by atoms with E-state index in [9.17, 15) is 27.5 Å². The number of para-hydroxylation sites is 1. The predicted octanol–water partition coefficient (Wildman–Crippen LogP) is 3.22. The summed E-state index contributed by atoms with van der Waals surface area (Å²) < 4.78 is 53.2. The van der Waals surface area contributed by atoms with Gasteiger partial charge in [-0.3, -0.25) is 4.79 Å². The molecule has 1 amide bonds. The van der Waals surface area contributed by atoms with Crippen molar-refractivity contribution < 1.29 is 27.5 Å². The van der Waals surface area contributed by atoms with Crippen molar-refractivity contribution in [2.75, 3.05) is 6.67 Å². The maximum absolute atomic E-state index is 13.1. The Labute approximate surface area is 140 Å². The Morgan fingerprint density at radius 2 is 2.00 bits per heavy atom. The Bertz CT molecular complexity index is 791. The molecular formula is C16H15F4N3O2. The number of halogens is 4. The highest BCUT2D eigenvalue weighted by Crippen LogP contribution is 2.35. The van der Waals surface area contributed by atoms with E-state index >= 15 is 0 Å². The zero-order chi connectivity index (χ0) is 18.2. The fourth-order valence-electron chi connectivity index (χ4n) is 2.76. The molecule has 0 unspecified atom stereocenters. The third-order valence-corrected chi connectivity index (χ3v) is 4.31. The summed E-state index contributed by atoms with van der Waals surface area (Å²) >= 11 is 0. The Kier molecular flexibility index (Phi) is 4.18. The molecule has 1 aliphatic rings. The number of alkyl halides is 4. The van der Waals surface area contributed by atoms with Gasteiger partial charge in [-0.1, -0.05) is 12.1 Å². The molecule has 1 aliphatic carbocycles. The van der Waals surface area contributed by atoms with Crippen molar-refractivity contribution in [3.05, 3.63) is 41.7 Å². The number of nitrogens with zero attached hydrogens (tertiary/aromatic N) is 2. The fraction of sp³-hybridized carbons (Fsp3) is 0.375. The molecule has 0 atom stereocenters. The number of hydrogen-bond donors (Lipinski definition) is 2.